The van der Waals surface area contributed by atoms with Gasteiger partial charge in [0, 0.05) is 24.7 Å². The summed E-state index contributed by atoms with van der Waals surface area (Å²) in [5.41, 5.74) is 2.79. The van der Waals surface area contributed by atoms with Crippen LogP contribution in [0.25, 0.3) is 0 Å². The minimum atomic E-state index is -0.457. The standard InChI is InChI=1S/C25H29N3O3/c1-17-9-5-8-14-22(17)28-16-18(15-23(28)29)24(30)27-21-13-7-6-12-20(21)25(31)26-19-10-3-2-4-11-19/h5-9,12-14,18-19H,2-4,10-11,15-16H2,1H3,(H,26,31)(H,27,30)/t18-/m0/s1. The average molecular weight is 420 g/mol. The molecule has 4 rings (SSSR count). The van der Waals surface area contributed by atoms with Gasteiger partial charge in [-0.05, 0) is 43.5 Å². The minimum Gasteiger partial charge on any atom is -0.349 e. The van der Waals surface area contributed by atoms with Crippen molar-refractivity contribution in [1.29, 1.82) is 0 Å². The fourth-order valence-electron chi connectivity index (χ4n) is 4.52. The number of aryl methyl sites for hydroxylation is 1. The molecule has 2 aromatic rings. The third kappa shape index (κ3) is 4.79. The highest BCUT2D eigenvalue weighted by atomic mass is 16.2. The van der Waals surface area contributed by atoms with Crippen LogP contribution in [0.2, 0.25) is 0 Å². The second-order valence-corrected chi connectivity index (χ2v) is 8.54. The van der Waals surface area contributed by atoms with Gasteiger partial charge in [-0.1, -0.05) is 49.6 Å². The van der Waals surface area contributed by atoms with Crippen LogP contribution in [0.5, 0.6) is 0 Å². The molecule has 1 aliphatic carbocycles. The normalized spacial score (nSPS) is 19.3. The topological polar surface area (TPSA) is 78.5 Å². The van der Waals surface area contributed by atoms with Gasteiger partial charge >= 0.3 is 0 Å². The van der Waals surface area contributed by atoms with Gasteiger partial charge in [-0.15, -0.1) is 0 Å². The average Bonchev–Trinajstić information content (AvgIpc) is 3.16. The van der Waals surface area contributed by atoms with E-state index in [1.54, 1.807) is 29.2 Å². The van der Waals surface area contributed by atoms with E-state index in [4.69, 9.17) is 0 Å². The van der Waals surface area contributed by atoms with E-state index in [-0.39, 0.29) is 30.2 Å². The van der Waals surface area contributed by atoms with Crippen LogP contribution in [-0.2, 0) is 9.59 Å². The van der Waals surface area contributed by atoms with Crippen LogP contribution in [0.4, 0.5) is 11.4 Å². The van der Waals surface area contributed by atoms with Gasteiger partial charge in [-0.3, -0.25) is 14.4 Å². The second kappa shape index (κ2) is 9.33. The minimum absolute atomic E-state index is 0.0576. The summed E-state index contributed by atoms with van der Waals surface area (Å²) in [5, 5.41) is 6.01. The Morgan fingerprint density at radius 3 is 2.45 bits per heavy atom. The fraction of sp³-hybridized carbons (Fsp3) is 0.400. The van der Waals surface area contributed by atoms with Crippen molar-refractivity contribution >= 4 is 29.1 Å². The molecule has 0 radical (unpaired) electrons. The third-order valence-electron chi connectivity index (χ3n) is 6.27. The summed E-state index contributed by atoms with van der Waals surface area (Å²) < 4.78 is 0. The molecule has 0 aromatic heterocycles. The molecule has 3 amide bonds. The number of carbonyl (C=O) groups is 3. The smallest absolute Gasteiger partial charge is 0.253 e. The lowest BCUT2D eigenvalue weighted by Crippen LogP contribution is -2.36. The molecule has 162 valence electrons. The van der Waals surface area contributed by atoms with Gasteiger partial charge < -0.3 is 15.5 Å². The molecule has 0 bridgehead atoms. The molecule has 1 saturated heterocycles. The van der Waals surface area contributed by atoms with Crippen LogP contribution >= 0.6 is 0 Å². The van der Waals surface area contributed by atoms with Crippen LogP contribution in [0.1, 0.15) is 54.4 Å². The molecular weight excluding hydrogens is 390 g/mol. The Labute approximate surface area is 183 Å². The van der Waals surface area contributed by atoms with Crippen molar-refractivity contribution < 1.29 is 14.4 Å². The lowest BCUT2D eigenvalue weighted by Gasteiger charge is -2.23. The van der Waals surface area contributed by atoms with Crippen molar-refractivity contribution in [3.63, 3.8) is 0 Å². The molecule has 1 aliphatic heterocycles. The van der Waals surface area contributed by atoms with Crippen LogP contribution in [0, 0.1) is 12.8 Å². The van der Waals surface area contributed by atoms with E-state index in [1.165, 1.54) is 6.42 Å². The van der Waals surface area contributed by atoms with Gasteiger partial charge in [0.25, 0.3) is 5.91 Å². The maximum atomic E-state index is 13.0. The van der Waals surface area contributed by atoms with E-state index < -0.39 is 5.92 Å². The first-order chi connectivity index (χ1) is 15.0. The van der Waals surface area contributed by atoms with Crippen LogP contribution in [-0.4, -0.2) is 30.3 Å². The quantitative estimate of drug-likeness (QED) is 0.767. The number of amides is 3. The molecule has 31 heavy (non-hydrogen) atoms. The van der Waals surface area contributed by atoms with Crippen molar-refractivity contribution in [3.8, 4) is 0 Å². The van der Waals surface area contributed by atoms with Crippen molar-refractivity contribution in [2.24, 2.45) is 5.92 Å². The van der Waals surface area contributed by atoms with Gasteiger partial charge in [-0.2, -0.15) is 0 Å². The fourth-order valence-corrected chi connectivity index (χ4v) is 4.52. The Hall–Kier alpha value is -3.15. The van der Waals surface area contributed by atoms with E-state index in [0.29, 0.717) is 17.8 Å². The number of rotatable bonds is 5. The number of carbonyl (C=O) groups excluding carboxylic acids is 3. The van der Waals surface area contributed by atoms with Crippen LogP contribution < -0.4 is 15.5 Å². The van der Waals surface area contributed by atoms with Crippen molar-refractivity contribution in [2.75, 3.05) is 16.8 Å². The molecule has 2 aliphatic rings. The first-order valence-corrected chi connectivity index (χ1v) is 11.1. The Balaban J connectivity index is 1.44. The summed E-state index contributed by atoms with van der Waals surface area (Å²) in [4.78, 5) is 40.1. The zero-order valence-electron chi connectivity index (χ0n) is 17.9. The maximum Gasteiger partial charge on any atom is 0.253 e. The van der Waals surface area contributed by atoms with E-state index in [2.05, 4.69) is 10.6 Å². The number of anilines is 2. The van der Waals surface area contributed by atoms with Gasteiger partial charge in [0.1, 0.15) is 0 Å². The Morgan fingerprint density at radius 2 is 1.68 bits per heavy atom. The molecule has 2 N–H and O–H groups in total. The van der Waals surface area contributed by atoms with Crippen molar-refractivity contribution in [1.82, 2.24) is 5.32 Å². The van der Waals surface area contributed by atoms with E-state index in [9.17, 15) is 14.4 Å². The van der Waals surface area contributed by atoms with E-state index >= 15 is 0 Å². The number of benzene rings is 2. The lowest BCUT2D eigenvalue weighted by atomic mass is 9.95. The summed E-state index contributed by atoms with van der Waals surface area (Å²) in [6.45, 7) is 2.29. The van der Waals surface area contributed by atoms with Crippen molar-refractivity contribution in [2.45, 2.75) is 51.5 Å². The Morgan fingerprint density at radius 1 is 0.968 bits per heavy atom. The highest BCUT2D eigenvalue weighted by molar-refractivity contribution is 6.07. The predicted octanol–water partition coefficient (Wildman–Crippen LogP) is 4.05. The molecule has 2 aromatic carbocycles. The molecule has 0 unspecified atom stereocenters. The molecule has 1 heterocycles. The Kier molecular flexibility index (Phi) is 6.35. The summed E-state index contributed by atoms with van der Waals surface area (Å²) in [5.74, 6) is -0.909. The monoisotopic (exact) mass is 419 g/mol. The van der Waals surface area contributed by atoms with Gasteiger partial charge in [0.05, 0.1) is 17.2 Å². The second-order valence-electron chi connectivity index (χ2n) is 8.54. The first kappa shape index (κ1) is 21.1. The third-order valence-corrected chi connectivity index (χ3v) is 6.27. The SMILES string of the molecule is Cc1ccccc1N1C[C@@H](C(=O)Nc2ccccc2C(=O)NC2CCCCC2)CC1=O. The highest BCUT2D eigenvalue weighted by Crippen LogP contribution is 2.29. The summed E-state index contributed by atoms with van der Waals surface area (Å²) in [7, 11) is 0. The van der Waals surface area contributed by atoms with Gasteiger partial charge in [0.15, 0.2) is 0 Å². The molecule has 6 nitrogen and oxygen atoms in total. The number of para-hydroxylation sites is 2. The summed E-state index contributed by atoms with van der Waals surface area (Å²) >= 11 is 0. The van der Waals surface area contributed by atoms with Gasteiger partial charge in [0.2, 0.25) is 11.8 Å². The van der Waals surface area contributed by atoms with Crippen LogP contribution in [0.3, 0.4) is 0 Å². The van der Waals surface area contributed by atoms with E-state index in [0.717, 1.165) is 36.9 Å². The van der Waals surface area contributed by atoms with Crippen LogP contribution in [0.15, 0.2) is 48.5 Å². The summed E-state index contributed by atoms with van der Waals surface area (Å²) in [6.07, 6.45) is 5.65. The van der Waals surface area contributed by atoms with Crippen molar-refractivity contribution in [3.05, 3.63) is 59.7 Å². The first-order valence-electron chi connectivity index (χ1n) is 11.1. The lowest BCUT2D eigenvalue weighted by molar-refractivity contribution is -0.122. The molecule has 1 atom stereocenters. The molecular formula is C25H29N3O3. The number of hydrogen-bond acceptors (Lipinski definition) is 3. The summed E-state index contributed by atoms with van der Waals surface area (Å²) in [6, 6.07) is 14.9. The zero-order valence-corrected chi connectivity index (χ0v) is 17.9. The molecule has 1 saturated carbocycles. The molecule has 0 spiro atoms. The highest BCUT2D eigenvalue weighted by Gasteiger charge is 2.36. The zero-order chi connectivity index (χ0) is 21.8. The number of nitrogens with zero attached hydrogens (tertiary/aromatic N) is 1. The Bertz CT molecular complexity index is 981. The molecule has 2 fully saturated rings. The number of nitrogens with one attached hydrogen (secondary N) is 2. The molecule has 6 heteroatoms. The maximum absolute atomic E-state index is 13.0. The predicted molar refractivity (Wildman–Crippen MR) is 121 cm³/mol. The van der Waals surface area contributed by atoms with E-state index in [1.807, 2.05) is 31.2 Å². The largest absolute Gasteiger partial charge is 0.349 e. The number of hydrogen-bond donors (Lipinski definition) is 2. The van der Waals surface area contributed by atoms with Gasteiger partial charge in [-0.25, -0.2) is 0 Å².